The van der Waals surface area contributed by atoms with Crippen molar-refractivity contribution in [1.29, 1.82) is 0 Å². The first-order valence-corrected chi connectivity index (χ1v) is 5.84. The first kappa shape index (κ1) is 14.8. The van der Waals surface area contributed by atoms with Crippen LogP contribution in [0.1, 0.15) is 27.6 Å². The van der Waals surface area contributed by atoms with Gasteiger partial charge in [-0.1, -0.05) is 0 Å². The summed E-state index contributed by atoms with van der Waals surface area (Å²) in [7, 11) is 3.55. The number of phenols is 1. The third-order valence-corrected chi connectivity index (χ3v) is 2.30. The van der Waals surface area contributed by atoms with Crippen molar-refractivity contribution in [2.75, 3.05) is 20.7 Å². The zero-order valence-electron chi connectivity index (χ0n) is 11.2. The van der Waals surface area contributed by atoms with E-state index in [1.807, 2.05) is 0 Å². The second-order valence-electron chi connectivity index (χ2n) is 4.10. The molecule has 0 radical (unpaired) electrons. The predicted octanol–water partition coefficient (Wildman–Crippen LogP) is 1.83. The van der Waals surface area contributed by atoms with Crippen molar-refractivity contribution in [2.45, 2.75) is 6.92 Å². The molecule has 1 aromatic carbocycles. The van der Waals surface area contributed by atoms with Crippen molar-refractivity contribution >= 4 is 11.8 Å². The maximum absolute atomic E-state index is 11.9. The number of esters is 1. The van der Waals surface area contributed by atoms with Crippen molar-refractivity contribution in [3.8, 4) is 5.75 Å². The number of rotatable bonds is 5. The molecule has 0 bridgehead atoms. The molecule has 0 aliphatic carbocycles. The van der Waals surface area contributed by atoms with Crippen LogP contribution in [0, 0.1) is 0 Å². The minimum absolute atomic E-state index is 0.0728. The molecule has 0 unspecified atom stereocenters. The molecule has 0 atom stereocenters. The van der Waals surface area contributed by atoms with Crippen LogP contribution < -0.4 is 0 Å². The molecule has 0 saturated heterocycles. The smallest absolute Gasteiger partial charge is 0.338 e. The summed E-state index contributed by atoms with van der Waals surface area (Å²) in [6.07, 6.45) is 2.89. The van der Waals surface area contributed by atoms with Gasteiger partial charge in [0.2, 0.25) is 0 Å². The summed E-state index contributed by atoms with van der Waals surface area (Å²) in [6.45, 7) is 1.95. The lowest BCUT2D eigenvalue weighted by Gasteiger charge is -2.06. The van der Waals surface area contributed by atoms with Gasteiger partial charge < -0.3 is 14.7 Å². The number of hydrogen-bond acceptors (Lipinski definition) is 5. The zero-order chi connectivity index (χ0) is 14.4. The van der Waals surface area contributed by atoms with E-state index in [1.165, 1.54) is 24.3 Å². The first-order chi connectivity index (χ1) is 8.95. The fourth-order valence-corrected chi connectivity index (χ4v) is 1.38. The number of benzene rings is 1. The molecule has 5 nitrogen and oxygen atoms in total. The summed E-state index contributed by atoms with van der Waals surface area (Å²) in [6, 6.07) is 4.05. The molecule has 0 aromatic heterocycles. The van der Waals surface area contributed by atoms with Crippen molar-refractivity contribution in [3.05, 3.63) is 41.6 Å². The lowest BCUT2D eigenvalue weighted by Crippen LogP contribution is -2.07. The highest BCUT2D eigenvalue weighted by Gasteiger charge is 2.13. The average molecular weight is 263 g/mol. The number of ether oxygens (including phenoxy) is 1. The van der Waals surface area contributed by atoms with Gasteiger partial charge in [-0.3, -0.25) is 4.79 Å². The molecule has 0 spiro atoms. The van der Waals surface area contributed by atoms with E-state index in [9.17, 15) is 14.7 Å². The molecule has 0 saturated carbocycles. The number of aromatic hydroxyl groups is 1. The van der Waals surface area contributed by atoms with Crippen molar-refractivity contribution < 1.29 is 19.4 Å². The van der Waals surface area contributed by atoms with Crippen LogP contribution in [-0.4, -0.2) is 42.5 Å². The van der Waals surface area contributed by atoms with E-state index in [1.54, 1.807) is 32.1 Å². The van der Waals surface area contributed by atoms with Gasteiger partial charge in [0.25, 0.3) is 0 Å². The van der Waals surface area contributed by atoms with Gasteiger partial charge in [0.15, 0.2) is 5.78 Å². The summed E-state index contributed by atoms with van der Waals surface area (Å²) >= 11 is 0. The van der Waals surface area contributed by atoms with Gasteiger partial charge in [0.05, 0.1) is 17.7 Å². The van der Waals surface area contributed by atoms with Crippen LogP contribution in [-0.2, 0) is 4.74 Å². The molecule has 0 aliphatic heterocycles. The number of hydrogen-bond donors (Lipinski definition) is 1. The monoisotopic (exact) mass is 263 g/mol. The maximum Gasteiger partial charge on any atom is 0.338 e. The molecule has 0 aliphatic rings. The van der Waals surface area contributed by atoms with E-state index in [0.29, 0.717) is 0 Å². The van der Waals surface area contributed by atoms with Gasteiger partial charge >= 0.3 is 5.97 Å². The molecule has 1 rings (SSSR count). The van der Waals surface area contributed by atoms with Crippen molar-refractivity contribution in [3.63, 3.8) is 0 Å². The lowest BCUT2D eigenvalue weighted by atomic mass is 10.1. The third-order valence-electron chi connectivity index (χ3n) is 2.30. The number of carbonyl (C=O) groups is 2. The van der Waals surface area contributed by atoms with E-state index >= 15 is 0 Å². The van der Waals surface area contributed by atoms with Gasteiger partial charge in [-0.25, -0.2) is 4.79 Å². The molecular weight excluding hydrogens is 246 g/mol. The van der Waals surface area contributed by atoms with Crippen LogP contribution in [0.2, 0.25) is 0 Å². The topological polar surface area (TPSA) is 66.8 Å². The molecule has 0 heterocycles. The van der Waals surface area contributed by atoms with Gasteiger partial charge in [-0.05, 0) is 25.1 Å². The Labute approximate surface area is 112 Å². The third kappa shape index (κ3) is 4.13. The Morgan fingerprint density at radius 1 is 1.37 bits per heavy atom. The number of allylic oxidation sites excluding steroid dienone is 1. The molecule has 19 heavy (non-hydrogen) atoms. The van der Waals surface area contributed by atoms with E-state index in [2.05, 4.69) is 0 Å². The van der Waals surface area contributed by atoms with Crippen LogP contribution in [0.4, 0.5) is 0 Å². The summed E-state index contributed by atoms with van der Waals surface area (Å²) in [5, 5.41) is 9.66. The van der Waals surface area contributed by atoms with E-state index in [-0.39, 0.29) is 29.3 Å². The first-order valence-electron chi connectivity index (χ1n) is 5.84. The van der Waals surface area contributed by atoms with Crippen LogP contribution in [0.25, 0.3) is 0 Å². The Morgan fingerprint density at radius 2 is 2.05 bits per heavy atom. The summed E-state index contributed by atoms with van der Waals surface area (Å²) in [5.41, 5.74) is 0.310. The predicted molar refractivity (Wildman–Crippen MR) is 71.2 cm³/mol. The van der Waals surface area contributed by atoms with Gasteiger partial charge in [0, 0.05) is 26.4 Å². The number of nitrogens with zero attached hydrogens (tertiary/aromatic N) is 1. The fourth-order valence-electron chi connectivity index (χ4n) is 1.38. The standard InChI is InChI=1S/C14H17NO4/c1-4-19-14(18)10-5-6-12(16)11(9-10)13(17)7-8-15(2)3/h5-9,16H,4H2,1-3H3/b8-7+. The number of ketones is 1. The van der Waals surface area contributed by atoms with E-state index in [0.717, 1.165) is 0 Å². The van der Waals surface area contributed by atoms with Crippen LogP contribution >= 0.6 is 0 Å². The summed E-state index contributed by atoms with van der Waals surface area (Å²) < 4.78 is 4.84. The second kappa shape index (κ2) is 6.58. The summed E-state index contributed by atoms with van der Waals surface area (Å²) in [5.74, 6) is -1.06. The Morgan fingerprint density at radius 3 is 2.63 bits per heavy atom. The Hall–Kier alpha value is -2.30. The van der Waals surface area contributed by atoms with Crippen molar-refractivity contribution in [1.82, 2.24) is 4.90 Å². The fraction of sp³-hybridized carbons (Fsp3) is 0.286. The highest BCUT2D eigenvalue weighted by atomic mass is 16.5. The Bertz CT molecular complexity index is 506. The SMILES string of the molecule is CCOC(=O)c1ccc(O)c(C(=O)/C=C/N(C)C)c1. The average Bonchev–Trinajstić information content (AvgIpc) is 2.36. The molecule has 1 aromatic rings. The van der Waals surface area contributed by atoms with Gasteiger partial charge in [0.1, 0.15) is 5.75 Å². The van der Waals surface area contributed by atoms with Crippen molar-refractivity contribution in [2.24, 2.45) is 0 Å². The highest BCUT2D eigenvalue weighted by Crippen LogP contribution is 2.20. The molecule has 0 fully saturated rings. The quantitative estimate of drug-likeness (QED) is 0.498. The van der Waals surface area contributed by atoms with Crippen LogP contribution in [0.15, 0.2) is 30.5 Å². The molecular formula is C14H17NO4. The largest absolute Gasteiger partial charge is 0.507 e. The van der Waals surface area contributed by atoms with Gasteiger partial charge in [-0.15, -0.1) is 0 Å². The van der Waals surface area contributed by atoms with Crippen LogP contribution in [0.3, 0.4) is 0 Å². The number of carbonyl (C=O) groups excluding carboxylic acids is 2. The number of phenolic OH excluding ortho intramolecular Hbond substituents is 1. The van der Waals surface area contributed by atoms with E-state index in [4.69, 9.17) is 4.74 Å². The maximum atomic E-state index is 11.9. The molecule has 0 amide bonds. The molecule has 102 valence electrons. The van der Waals surface area contributed by atoms with Gasteiger partial charge in [-0.2, -0.15) is 0 Å². The zero-order valence-corrected chi connectivity index (χ0v) is 11.2. The molecule has 1 N–H and O–H groups in total. The Kier molecular flexibility index (Phi) is 5.11. The minimum atomic E-state index is -0.520. The molecule has 5 heteroatoms. The second-order valence-corrected chi connectivity index (χ2v) is 4.10. The van der Waals surface area contributed by atoms with Crippen LogP contribution in [0.5, 0.6) is 5.75 Å². The normalized spacial score (nSPS) is 10.5. The highest BCUT2D eigenvalue weighted by molar-refractivity contribution is 6.07. The van der Waals surface area contributed by atoms with E-state index < -0.39 is 5.97 Å². The Balaban J connectivity index is 3.03. The lowest BCUT2D eigenvalue weighted by molar-refractivity contribution is 0.0526. The minimum Gasteiger partial charge on any atom is -0.507 e. The summed E-state index contributed by atoms with van der Waals surface area (Å²) in [4.78, 5) is 25.1.